The molecule has 0 spiro atoms. The lowest BCUT2D eigenvalue weighted by atomic mass is 10.2. The van der Waals surface area contributed by atoms with Gasteiger partial charge in [0.15, 0.2) is 5.69 Å². The molecule has 0 unspecified atom stereocenters. The third kappa shape index (κ3) is 3.51. The maximum atomic E-state index is 13.0. The van der Waals surface area contributed by atoms with Gasteiger partial charge in [-0.05, 0) is 36.4 Å². The maximum Gasteiger partial charge on any atom is 0.355 e. The largest absolute Gasteiger partial charge is 0.476 e. The minimum atomic E-state index is -4.10. The summed E-state index contributed by atoms with van der Waals surface area (Å²) in [6, 6.07) is 8.85. The molecule has 8 nitrogen and oxygen atoms in total. The Hall–Kier alpha value is -2.98. The highest BCUT2D eigenvalue weighted by Gasteiger charge is 2.26. The van der Waals surface area contributed by atoms with Crippen molar-refractivity contribution in [2.75, 3.05) is 0 Å². The molecule has 0 atom stereocenters. The molecule has 2 heterocycles. The zero-order valence-electron chi connectivity index (χ0n) is 13.5. The minimum absolute atomic E-state index is 0.183. The molecule has 0 fully saturated rings. The van der Waals surface area contributed by atoms with Crippen molar-refractivity contribution in [1.29, 1.82) is 0 Å². The molecule has 0 saturated heterocycles. The van der Waals surface area contributed by atoms with Crippen LogP contribution in [0.25, 0.3) is 11.3 Å². The number of carboxylic acid groups (broad SMARTS) is 1. The van der Waals surface area contributed by atoms with Crippen LogP contribution in [-0.4, -0.2) is 29.3 Å². The van der Waals surface area contributed by atoms with Gasteiger partial charge in [0, 0.05) is 12.6 Å². The van der Waals surface area contributed by atoms with E-state index in [0.717, 1.165) is 10.9 Å². The second-order valence-corrected chi connectivity index (χ2v) is 7.12. The van der Waals surface area contributed by atoms with Crippen molar-refractivity contribution in [2.45, 2.75) is 11.4 Å². The summed E-state index contributed by atoms with van der Waals surface area (Å²) < 4.78 is 46.4. The van der Waals surface area contributed by atoms with E-state index in [2.05, 4.69) is 9.82 Å². The van der Waals surface area contributed by atoms with Gasteiger partial charge in [-0.3, -0.25) is 4.68 Å². The summed E-state index contributed by atoms with van der Waals surface area (Å²) in [6.45, 7) is -0.183. The second-order valence-electron chi connectivity index (χ2n) is 5.38. The number of benzene rings is 1. The highest BCUT2D eigenvalue weighted by atomic mass is 32.2. The second kappa shape index (κ2) is 6.73. The number of nitrogens with zero attached hydrogens (tertiary/aromatic N) is 2. The number of aryl methyl sites for hydroxylation is 1. The SMILES string of the molecule is Cn1ncc(S(=O)(=O)NCc2ccc(-c3ccc(F)cc3)o2)c1C(=O)O. The maximum absolute atomic E-state index is 13.0. The predicted molar refractivity (Wildman–Crippen MR) is 88.3 cm³/mol. The zero-order valence-corrected chi connectivity index (χ0v) is 14.3. The standard InChI is InChI=1S/C16H14FN3O5S/c1-20-15(16(21)22)14(9-18-20)26(23,24)19-8-12-6-7-13(25-12)10-2-4-11(17)5-3-10/h2-7,9,19H,8H2,1H3,(H,21,22). The molecule has 0 amide bonds. The molecule has 2 aromatic heterocycles. The summed E-state index contributed by atoms with van der Waals surface area (Å²) in [4.78, 5) is 10.8. The fourth-order valence-electron chi connectivity index (χ4n) is 2.34. The predicted octanol–water partition coefficient (Wildman–Crippen LogP) is 2.00. The summed E-state index contributed by atoms with van der Waals surface area (Å²) in [5, 5.41) is 12.8. The van der Waals surface area contributed by atoms with Gasteiger partial charge >= 0.3 is 5.97 Å². The molecule has 0 bridgehead atoms. The Kier molecular flexibility index (Phi) is 4.62. The normalized spacial score (nSPS) is 11.6. The first-order valence-electron chi connectivity index (χ1n) is 7.37. The van der Waals surface area contributed by atoms with Crippen LogP contribution in [0.15, 0.2) is 51.9 Å². The van der Waals surface area contributed by atoms with Crippen LogP contribution in [0.2, 0.25) is 0 Å². The first-order valence-corrected chi connectivity index (χ1v) is 8.86. The average molecular weight is 379 g/mol. The van der Waals surface area contributed by atoms with Crippen LogP contribution in [0.4, 0.5) is 4.39 Å². The number of furan rings is 1. The van der Waals surface area contributed by atoms with Gasteiger partial charge < -0.3 is 9.52 Å². The topological polar surface area (TPSA) is 114 Å². The van der Waals surface area contributed by atoms with Crippen molar-refractivity contribution < 1.29 is 27.1 Å². The van der Waals surface area contributed by atoms with Gasteiger partial charge in [0.2, 0.25) is 10.0 Å². The van der Waals surface area contributed by atoms with Crippen LogP contribution >= 0.6 is 0 Å². The molecule has 10 heteroatoms. The zero-order chi connectivity index (χ0) is 18.9. The Morgan fingerprint density at radius 1 is 1.27 bits per heavy atom. The van der Waals surface area contributed by atoms with Gasteiger partial charge in [0.05, 0.1) is 12.7 Å². The number of aromatic carboxylic acids is 1. The van der Waals surface area contributed by atoms with E-state index in [1.54, 1.807) is 12.1 Å². The monoisotopic (exact) mass is 379 g/mol. The van der Waals surface area contributed by atoms with Gasteiger partial charge in [0.1, 0.15) is 22.2 Å². The fourth-order valence-corrected chi connectivity index (χ4v) is 3.49. The van der Waals surface area contributed by atoms with E-state index in [4.69, 9.17) is 9.52 Å². The average Bonchev–Trinajstić information content (AvgIpc) is 3.21. The van der Waals surface area contributed by atoms with E-state index < -0.39 is 26.6 Å². The Bertz CT molecular complexity index is 1050. The summed E-state index contributed by atoms with van der Waals surface area (Å²) in [5.41, 5.74) is 0.199. The lowest BCUT2D eigenvalue weighted by Gasteiger charge is -2.05. The molecule has 2 N–H and O–H groups in total. The lowest BCUT2D eigenvalue weighted by Crippen LogP contribution is -2.25. The van der Waals surface area contributed by atoms with E-state index >= 15 is 0 Å². The molecule has 0 radical (unpaired) electrons. The molecular formula is C16H14FN3O5S. The van der Waals surface area contributed by atoms with Gasteiger partial charge in [-0.1, -0.05) is 0 Å². The lowest BCUT2D eigenvalue weighted by molar-refractivity contribution is 0.0680. The molecule has 0 aliphatic rings. The van der Waals surface area contributed by atoms with Gasteiger partial charge in [-0.15, -0.1) is 0 Å². The van der Waals surface area contributed by atoms with Crippen molar-refractivity contribution in [3.8, 4) is 11.3 Å². The fraction of sp³-hybridized carbons (Fsp3) is 0.125. The molecule has 26 heavy (non-hydrogen) atoms. The quantitative estimate of drug-likeness (QED) is 0.677. The number of carboxylic acids is 1. The number of rotatable bonds is 6. The summed E-state index contributed by atoms with van der Waals surface area (Å²) in [6.07, 6.45) is 0.970. The Morgan fingerprint density at radius 2 is 1.96 bits per heavy atom. The number of hydrogen-bond acceptors (Lipinski definition) is 5. The number of sulfonamides is 1. The third-order valence-corrected chi connectivity index (χ3v) is 5.03. The number of carbonyl (C=O) groups is 1. The van der Waals surface area contributed by atoms with Crippen LogP contribution in [0.3, 0.4) is 0 Å². The van der Waals surface area contributed by atoms with Crippen molar-refractivity contribution in [2.24, 2.45) is 7.05 Å². The summed E-state index contributed by atoms with van der Waals surface area (Å²) in [7, 11) is -2.76. The first-order chi connectivity index (χ1) is 12.3. The number of hydrogen-bond donors (Lipinski definition) is 2. The minimum Gasteiger partial charge on any atom is -0.476 e. The first kappa shape index (κ1) is 17.8. The van der Waals surface area contributed by atoms with Crippen LogP contribution < -0.4 is 4.72 Å². The number of halogens is 1. The molecule has 0 aliphatic heterocycles. The van der Waals surface area contributed by atoms with E-state index in [0.29, 0.717) is 17.1 Å². The molecule has 1 aromatic carbocycles. The van der Waals surface area contributed by atoms with E-state index in [1.165, 1.54) is 31.3 Å². The molecule has 0 saturated carbocycles. The highest BCUT2D eigenvalue weighted by Crippen LogP contribution is 2.23. The smallest absolute Gasteiger partial charge is 0.355 e. The van der Waals surface area contributed by atoms with Gasteiger partial charge in [0.25, 0.3) is 0 Å². The van der Waals surface area contributed by atoms with Crippen molar-refractivity contribution in [3.05, 3.63) is 59.9 Å². The summed E-state index contributed by atoms with van der Waals surface area (Å²) in [5.74, 6) is -1.01. The molecule has 136 valence electrons. The van der Waals surface area contributed by atoms with Crippen LogP contribution in [0.1, 0.15) is 16.2 Å². The van der Waals surface area contributed by atoms with Crippen LogP contribution in [-0.2, 0) is 23.6 Å². The molecule has 3 aromatic rings. The van der Waals surface area contributed by atoms with Crippen LogP contribution in [0.5, 0.6) is 0 Å². The van der Waals surface area contributed by atoms with Gasteiger partial charge in [-0.25, -0.2) is 22.3 Å². The van der Waals surface area contributed by atoms with Crippen molar-refractivity contribution in [3.63, 3.8) is 0 Å². The molecule has 3 rings (SSSR count). The van der Waals surface area contributed by atoms with Gasteiger partial charge in [-0.2, -0.15) is 5.10 Å². The molecule has 0 aliphatic carbocycles. The van der Waals surface area contributed by atoms with E-state index in [-0.39, 0.29) is 12.4 Å². The number of nitrogens with one attached hydrogen (secondary N) is 1. The Labute approximate surface area is 147 Å². The van der Waals surface area contributed by atoms with E-state index in [1.807, 2.05) is 0 Å². The Morgan fingerprint density at radius 3 is 2.62 bits per heavy atom. The van der Waals surface area contributed by atoms with Crippen LogP contribution in [0, 0.1) is 5.82 Å². The Balaban J connectivity index is 1.77. The third-order valence-electron chi connectivity index (χ3n) is 3.62. The summed E-state index contributed by atoms with van der Waals surface area (Å²) >= 11 is 0. The van der Waals surface area contributed by atoms with Crippen molar-refractivity contribution >= 4 is 16.0 Å². The highest BCUT2D eigenvalue weighted by molar-refractivity contribution is 7.89. The van der Waals surface area contributed by atoms with E-state index in [9.17, 15) is 17.6 Å². The van der Waals surface area contributed by atoms with Crippen molar-refractivity contribution in [1.82, 2.24) is 14.5 Å². The number of aromatic nitrogens is 2. The molecular weight excluding hydrogens is 365 g/mol.